The SMILES string of the molecule is C1=NSC=N[I-]1. The van der Waals surface area contributed by atoms with Crippen LogP contribution in [0.25, 0.3) is 0 Å². The Balaban J connectivity index is 2.40. The summed E-state index contributed by atoms with van der Waals surface area (Å²) in [5, 5.41) is 0. The van der Waals surface area contributed by atoms with E-state index in [-0.39, 0.29) is 21.5 Å². The maximum atomic E-state index is 3.98. The molecule has 1 aliphatic heterocycles. The van der Waals surface area contributed by atoms with Crippen LogP contribution in [-0.2, 0) is 0 Å². The first kappa shape index (κ1) is 4.58. The van der Waals surface area contributed by atoms with Gasteiger partial charge >= 0.3 is 50.8 Å². The van der Waals surface area contributed by atoms with E-state index in [1.54, 1.807) is 5.55 Å². The molecule has 1 rings (SSSR count). The van der Waals surface area contributed by atoms with Crippen LogP contribution >= 0.6 is 11.9 Å². The topological polar surface area (TPSA) is 24.7 Å². The fraction of sp³-hybridized carbons (Fsp3) is 0. The third-order valence-electron chi connectivity index (χ3n) is 0.288. The van der Waals surface area contributed by atoms with Gasteiger partial charge in [0.1, 0.15) is 0 Å². The summed E-state index contributed by atoms with van der Waals surface area (Å²) < 4.78 is 9.74. The van der Waals surface area contributed by atoms with E-state index in [4.69, 9.17) is 0 Å². The van der Waals surface area contributed by atoms with E-state index in [2.05, 4.69) is 7.60 Å². The van der Waals surface area contributed by atoms with Crippen molar-refractivity contribution in [2.45, 2.75) is 0 Å². The first-order valence-electron chi connectivity index (χ1n) is 1.32. The zero-order valence-corrected chi connectivity index (χ0v) is 5.81. The van der Waals surface area contributed by atoms with Crippen LogP contribution in [0, 0.1) is 0 Å². The molecule has 0 aromatic heterocycles. The molecule has 0 unspecified atom stereocenters. The van der Waals surface area contributed by atoms with Crippen LogP contribution in [0.5, 0.6) is 0 Å². The van der Waals surface area contributed by atoms with Crippen LogP contribution < -0.4 is 21.5 Å². The molecule has 0 N–H and O–H groups in total. The average molecular weight is 213 g/mol. The third-order valence-corrected chi connectivity index (χ3v) is 2.60. The molecule has 6 heavy (non-hydrogen) atoms. The van der Waals surface area contributed by atoms with Crippen molar-refractivity contribution in [3.05, 3.63) is 0 Å². The van der Waals surface area contributed by atoms with E-state index in [9.17, 15) is 0 Å². The second kappa shape index (κ2) is 2.57. The summed E-state index contributed by atoms with van der Waals surface area (Å²) >= 11 is 1.37. The predicted octanol–water partition coefficient (Wildman–Crippen LogP) is -2.29. The molecule has 1 aliphatic rings. The van der Waals surface area contributed by atoms with Crippen molar-refractivity contribution in [1.82, 2.24) is 0 Å². The molecule has 0 bridgehead atoms. The van der Waals surface area contributed by atoms with Crippen molar-refractivity contribution in [2.24, 2.45) is 7.60 Å². The number of rotatable bonds is 0. The van der Waals surface area contributed by atoms with Gasteiger partial charge in [-0.15, -0.1) is 0 Å². The molecule has 0 saturated carbocycles. The van der Waals surface area contributed by atoms with Crippen LogP contribution in [0.1, 0.15) is 0 Å². The van der Waals surface area contributed by atoms with Gasteiger partial charge in [-0.05, 0) is 0 Å². The summed E-state index contributed by atoms with van der Waals surface area (Å²) in [4.78, 5) is 0. The molecule has 0 amide bonds. The number of nitrogens with zero attached hydrogens (tertiary/aromatic N) is 2. The van der Waals surface area contributed by atoms with Crippen molar-refractivity contribution >= 4 is 21.7 Å². The van der Waals surface area contributed by atoms with E-state index in [0.29, 0.717) is 0 Å². The minimum atomic E-state index is -0.0283. The van der Waals surface area contributed by atoms with E-state index in [1.807, 2.05) is 4.22 Å². The molecule has 0 atom stereocenters. The molecule has 0 saturated heterocycles. The average Bonchev–Trinajstić information content (AvgIpc) is 1.72. The number of hydrogen-bond donors (Lipinski definition) is 0. The Morgan fingerprint density at radius 1 is 1.67 bits per heavy atom. The van der Waals surface area contributed by atoms with Crippen LogP contribution in [0.3, 0.4) is 0 Å². The van der Waals surface area contributed by atoms with Gasteiger partial charge in [0, 0.05) is 0 Å². The Hall–Kier alpha value is 0.420. The maximum absolute atomic E-state index is 3.98. The standard InChI is InChI=1S/C2H2IN2S/c1-3-4-2-6-5-1/h1-2H/q-1. The van der Waals surface area contributed by atoms with Crippen molar-refractivity contribution in [3.8, 4) is 0 Å². The van der Waals surface area contributed by atoms with E-state index < -0.39 is 0 Å². The van der Waals surface area contributed by atoms with Crippen molar-refractivity contribution in [3.63, 3.8) is 0 Å². The summed E-state index contributed by atoms with van der Waals surface area (Å²) in [6.07, 6.45) is 0. The van der Waals surface area contributed by atoms with Crippen LogP contribution in [0.15, 0.2) is 7.60 Å². The second-order valence-electron chi connectivity index (χ2n) is 0.609. The van der Waals surface area contributed by atoms with Crippen molar-refractivity contribution in [2.75, 3.05) is 0 Å². The molecule has 0 spiro atoms. The first-order chi connectivity index (χ1) is 3.00. The Kier molecular flexibility index (Phi) is 1.96. The monoisotopic (exact) mass is 213 g/mol. The van der Waals surface area contributed by atoms with Crippen LogP contribution in [0.4, 0.5) is 0 Å². The van der Waals surface area contributed by atoms with Crippen LogP contribution in [-0.4, -0.2) is 9.77 Å². The Morgan fingerprint density at radius 3 is 2.83 bits per heavy atom. The van der Waals surface area contributed by atoms with E-state index >= 15 is 0 Å². The molecular formula is C2H2IN2S-. The summed E-state index contributed by atoms with van der Waals surface area (Å²) in [6, 6.07) is 0. The van der Waals surface area contributed by atoms with Crippen molar-refractivity contribution in [1.29, 1.82) is 0 Å². The molecule has 4 heteroatoms. The van der Waals surface area contributed by atoms with Gasteiger partial charge < -0.3 is 0 Å². The summed E-state index contributed by atoms with van der Waals surface area (Å²) in [5.41, 5.74) is 1.78. The second-order valence-corrected chi connectivity index (χ2v) is 2.91. The summed E-state index contributed by atoms with van der Waals surface area (Å²) in [6.45, 7) is 0. The Bertz CT molecular complexity index is 69.5. The van der Waals surface area contributed by atoms with Gasteiger partial charge in [-0.3, -0.25) is 0 Å². The number of hydrogen-bond acceptors (Lipinski definition) is 3. The third kappa shape index (κ3) is 1.25. The normalized spacial score (nSPS) is 20.0. The fourth-order valence-electron chi connectivity index (χ4n) is 0.134. The van der Waals surface area contributed by atoms with E-state index in [1.165, 1.54) is 11.9 Å². The molecule has 0 radical (unpaired) electrons. The summed E-state index contributed by atoms with van der Waals surface area (Å²) in [5.74, 6) is 0. The van der Waals surface area contributed by atoms with Gasteiger partial charge in [0.2, 0.25) is 0 Å². The van der Waals surface area contributed by atoms with Crippen molar-refractivity contribution < 1.29 is 21.5 Å². The molecule has 1 heterocycles. The van der Waals surface area contributed by atoms with Crippen LogP contribution in [0.2, 0.25) is 0 Å². The van der Waals surface area contributed by atoms with Gasteiger partial charge in [0.05, 0.1) is 0 Å². The summed E-state index contributed by atoms with van der Waals surface area (Å²) in [7, 11) is 0. The fourth-order valence-corrected chi connectivity index (χ4v) is 1.89. The first-order valence-corrected chi connectivity index (χ1v) is 4.37. The van der Waals surface area contributed by atoms with Gasteiger partial charge in [0.15, 0.2) is 0 Å². The quantitative estimate of drug-likeness (QED) is 0.328. The molecule has 2 nitrogen and oxygen atoms in total. The zero-order chi connectivity index (χ0) is 4.24. The minimum absolute atomic E-state index is 0.0283. The molecule has 0 aromatic carbocycles. The molecule has 34 valence electrons. The van der Waals surface area contributed by atoms with Gasteiger partial charge in [0.25, 0.3) is 0 Å². The zero-order valence-electron chi connectivity index (χ0n) is 2.84. The number of halogens is 1. The Labute approximate surface area is 50.9 Å². The van der Waals surface area contributed by atoms with E-state index in [0.717, 1.165) is 0 Å². The molecular weight excluding hydrogens is 211 g/mol. The van der Waals surface area contributed by atoms with Gasteiger partial charge in [-0.25, -0.2) is 0 Å². The predicted molar refractivity (Wildman–Crippen MR) is 24.6 cm³/mol. The van der Waals surface area contributed by atoms with Gasteiger partial charge in [-0.2, -0.15) is 0 Å². The molecule has 0 fully saturated rings. The molecule has 0 aromatic rings. The molecule has 0 aliphatic carbocycles. The Morgan fingerprint density at radius 2 is 2.67 bits per heavy atom. The van der Waals surface area contributed by atoms with Gasteiger partial charge in [-0.1, -0.05) is 0 Å².